The molecule has 3 rings (SSSR count). The minimum atomic E-state index is -0.711. The fourth-order valence-corrected chi connectivity index (χ4v) is 4.22. The van der Waals surface area contributed by atoms with E-state index in [9.17, 15) is 9.59 Å². The largest absolute Gasteiger partial charge is 0.481 e. The van der Waals surface area contributed by atoms with E-state index in [1.54, 1.807) is 11.3 Å². The van der Waals surface area contributed by atoms with Crippen LogP contribution in [0.1, 0.15) is 29.7 Å². The van der Waals surface area contributed by atoms with Crippen LogP contribution in [0.2, 0.25) is 0 Å². The quantitative estimate of drug-likeness (QED) is 0.918. The smallest absolute Gasteiger partial charge is 0.307 e. The van der Waals surface area contributed by atoms with Gasteiger partial charge in [-0.25, -0.2) is 0 Å². The second-order valence-electron chi connectivity index (χ2n) is 6.16. The summed E-state index contributed by atoms with van der Waals surface area (Å²) in [6.07, 6.45) is 3.12. The number of hydrogen-bond donors (Lipinski definition) is 1. The van der Waals surface area contributed by atoms with E-state index >= 15 is 0 Å². The first-order valence-electron chi connectivity index (χ1n) is 7.91. The van der Waals surface area contributed by atoms with Crippen LogP contribution in [-0.2, 0) is 22.6 Å². The van der Waals surface area contributed by atoms with Crippen molar-refractivity contribution in [3.8, 4) is 0 Å². The lowest BCUT2D eigenvalue weighted by Gasteiger charge is -2.32. The van der Waals surface area contributed by atoms with E-state index in [1.807, 2.05) is 4.90 Å². The highest BCUT2D eigenvalue weighted by Gasteiger charge is 2.26. The van der Waals surface area contributed by atoms with Gasteiger partial charge >= 0.3 is 5.97 Å². The lowest BCUT2D eigenvalue weighted by molar-refractivity contribution is -0.143. The Morgan fingerprint density at radius 3 is 3.05 bits per heavy atom. The summed E-state index contributed by atoms with van der Waals surface area (Å²) in [4.78, 5) is 28.9. The number of hydrogen-bond acceptors (Lipinski definition) is 4. The maximum absolute atomic E-state index is 12.4. The highest BCUT2D eigenvalue weighted by molar-refractivity contribution is 7.10. The van der Waals surface area contributed by atoms with Gasteiger partial charge in [0.05, 0.1) is 5.92 Å². The molecular weight excluding hydrogens is 300 g/mol. The molecule has 1 N–H and O–H groups in total. The second kappa shape index (κ2) is 6.79. The number of carboxylic acid groups (broad SMARTS) is 1. The highest BCUT2D eigenvalue weighted by atomic mass is 32.1. The third-order valence-electron chi connectivity index (χ3n) is 4.66. The van der Waals surface area contributed by atoms with Crippen LogP contribution < -0.4 is 0 Å². The molecule has 1 amide bonds. The minimum Gasteiger partial charge on any atom is -0.481 e. The zero-order valence-electron chi connectivity index (χ0n) is 12.7. The number of rotatable bonds is 4. The van der Waals surface area contributed by atoms with Crippen molar-refractivity contribution in [2.75, 3.05) is 26.2 Å². The molecular formula is C16H22N2O3S. The van der Waals surface area contributed by atoms with Crippen LogP contribution in [0.4, 0.5) is 0 Å². The van der Waals surface area contributed by atoms with E-state index in [2.05, 4.69) is 16.3 Å². The van der Waals surface area contributed by atoms with Crippen LogP contribution in [0, 0.1) is 5.92 Å². The number of amides is 1. The maximum Gasteiger partial charge on any atom is 0.307 e. The van der Waals surface area contributed by atoms with Gasteiger partial charge in [-0.05, 0) is 42.8 Å². The van der Waals surface area contributed by atoms with Gasteiger partial charge in [-0.1, -0.05) is 0 Å². The highest BCUT2D eigenvalue weighted by Crippen LogP contribution is 2.24. The predicted molar refractivity (Wildman–Crippen MR) is 84.9 cm³/mol. The van der Waals surface area contributed by atoms with Crippen molar-refractivity contribution in [2.24, 2.45) is 5.92 Å². The molecule has 1 aromatic heterocycles. The average Bonchev–Trinajstić information content (AvgIpc) is 3.00. The zero-order chi connectivity index (χ0) is 15.5. The summed E-state index contributed by atoms with van der Waals surface area (Å²) in [5.41, 5.74) is 1.29. The van der Waals surface area contributed by atoms with Crippen molar-refractivity contribution in [3.63, 3.8) is 0 Å². The van der Waals surface area contributed by atoms with Gasteiger partial charge in [0.1, 0.15) is 0 Å². The number of carboxylic acids is 1. The molecule has 2 aliphatic rings. The lowest BCUT2D eigenvalue weighted by Crippen LogP contribution is -2.42. The SMILES string of the molecule is O=C(O)C1CCCN(CCC(=O)N2CCc3sccc3C2)C1. The van der Waals surface area contributed by atoms with E-state index in [1.165, 1.54) is 10.4 Å². The molecule has 0 spiro atoms. The van der Waals surface area contributed by atoms with Gasteiger partial charge in [-0.3, -0.25) is 9.59 Å². The van der Waals surface area contributed by atoms with Gasteiger partial charge in [-0.2, -0.15) is 0 Å². The Morgan fingerprint density at radius 1 is 1.36 bits per heavy atom. The van der Waals surface area contributed by atoms with E-state index < -0.39 is 5.97 Å². The van der Waals surface area contributed by atoms with E-state index in [-0.39, 0.29) is 11.8 Å². The molecule has 0 aromatic carbocycles. The Labute approximate surface area is 134 Å². The van der Waals surface area contributed by atoms with E-state index in [0.29, 0.717) is 19.5 Å². The number of aliphatic carboxylic acids is 1. The zero-order valence-corrected chi connectivity index (χ0v) is 13.5. The predicted octanol–water partition coefficient (Wildman–Crippen LogP) is 1.82. The third kappa shape index (κ3) is 3.50. The summed E-state index contributed by atoms with van der Waals surface area (Å²) >= 11 is 1.78. The van der Waals surface area contributed by atoms with Crippen LogP contribution in [0.25, 0.3) is 0 Å². The number of carbonyl (C=O) groups excluding carboxylic acids is 1. The first kappa shape index (κ1) is 15.5. The number of piperidine rings is 1. The molecule has 1 atom stereocenters. The Kier molecular flexibility index (Phi) is 4.78. The molecule has 3 heterocycles. The molecule has 2 aliphatic heterocycles. The maximum atomic E-state index is 12.4. The normalized spacial score (nSPS) is 22.4. The Bertz CT molecular complexity index is 557. The van der Waals surface area contributed by atoms with Crippen molar-refractivity contribution in [2.45, 2.75) is 32.2 Å². The summed E-state index contributed by atoms with van der Waals surface area (Å²) < 4.78 is 0. The summed E-state index contributed by atoms with van der Waals surface area (Å²) in [7, 11) is 0. The van der Waals surface area contributed by atoms with Crippen LogP contribution in [0.15, 0.2) is 11.4 Å². The summed E-state index contributed by atoms with van der Waals surface area (Å²) in [5.74, 6) is -0.793. The Balaban J connectivity index is 1.47. The second-order valence-corrected chi connectivity index (χ2v) is 7.16. The standard InChI is InChI=1S/C16H22N2O3S/c19-15(18-8-3-14-12(11-18)5-9-22-14)4-7-17-6-1-2-13(10-17)16(20)21/h5,9,13H,1-4,6-8,10-11H2,(H,20,21). The van der Waals surface area contributed by atoms with Crippen molar-refractivity contribution >= 4 is 23.2 Å². The fraction of sp³-hybridized carbons (Fsp3) is 0.625. The fourth-order valence-electron chi connectivity index (χ4n) is 3.33. The molecule has 22 heavy (non-hydrogen) atoms. The number of likely N-dealkylation sites (tertiary alicyclic amines) is 1. The van der Waals surface area contributed by atoms with Gasteiger partial charge < -0.3 is 14.9 Å². The molecule has 0 saturated carbocycles. The van der Waals surface area contributed by atoms with Crippen molar-refractivity contribution in [3.05, 3.63) is 21.9 Å². The van der Waals surface area contributed by atoms with Gasteiger partial charge in [0.2, 0.25) is 5.91 Å². The average molecular weight is 322 g/mol. The molecule has 0 radical (unpaired) electrons. The summed E-state index contributed by atoms with van der Waals surface area (Å²) in [6.45, 7) is 3.71. The topological polar surface area (TPSA) is 60.9 Å². The molecule has 120 valence electrons. The van der Waals surface area contributed by atoms with E-state index in [4.69, 9.17) is 5.11 Å². The molecule has 6 heteroatoms. The molecule has 0 bridgehead atoms. The van der Waals surface area contributed by atoms with Crippen molar-refractivity contribution in [1.82, 2.24) is 9.80 Å². The van der Waals surface area contributed by atoms with Crippen LogP contribution >= 0.6 is 11.3 Å². The molecule has 0 aliphatic carbocycles. The lowest BCUT2D eigenvalue weighted by atomic mass is 9.98. The summed E-state index contributed by atoms with van der Waals surface area (Å²) in [5, 5.41) is 11.2. The molecule has 1 saturated heterocycles. The summed E-state index contributed by atoms with van der Waals surface area (Å²) in [6, 6.07) is 2.11. The van der Waals surface area contributed by atoms with Crippen LogP contribution in [0.5, 0.6) is 0 Å². The van der Waals surface area contributed by atoms with E-state index in [0.717, 1.165) is 38.9 Å². The van der Waals surface area contributed by atoms with Gasteiger partial charge in [-0.15, -0.1) is 11.3 Å². The molecule has 1 unspecified atom stereocenters. The van der Waals surface area contributed by atoms with Gasteiger partial charge in [0, 0.05) is 37.5 Å². The molecule has 1 fully saturated rings. The first-order chi connectivity index (χ1) is 10.6. The molecule has 5 nitrogen and oxygen atoms in total. The van der Waals surface area contributed by atoms with Gasteiger partial charge in [0.25, 0.3) is 0 Å². The van der Waals surface area contributed by atoms with Crippen molar-refractivity contribution in [1.29, 1.82) is 0 Å². The first-order valence-corrected chi connectivity index (χ1v) is 8.79. The number of carbonyl (C=O) groups is 2. The number of nitrogens with zero attached hydrogens (tertiary/aromatic N) is 2. The number of thiophene rings is 1. The Hall–Kier alpha value is -1.40. The minimum absolute atomic E-state index is 0.189. The Morgan fingerprint density at radius 2 is 2.23 bits per heavy atom. The monoisotopic (exact) mass is 322 g/mol. The van der Waals surface area contributed by atoms with Crippen molar-refractivity contribution < 1.29 is 14.7 Å². The van der Waals surface area contributed by atoms with Gasteiger partial charge in [0.15, 0.2) is 0 Å². The van der Waals surface area contributed by atoms with Crippen LogP contribution in [0.3, 0.4) is 0 Å². The third-order valence-corrected chi connectivity index (χ3v) is 5.68. The molecule has 1 aromatic rings. The van der Waals surface area contributed by atoms with Crippen LogP contribution in [-0.4, -0.2) is 53.0 Å². The number of fused-ring (bicyclic) bond motifs is 1.